The molecule has 3 rings (SSSR count). The minimum atomic E-state index is -4.69. The summed E-state index contributed by atoms with van der Waals surface area (Å²) in [6.07, 6.45) is -5.62. The van der Waals surface area contributed by atoms with Gasteiger partial charge in [0, 0.05) is 12.0 Å². The second-order valence-corrected chi connectivity index (χ2v) is 7.86. The molecule has 1 heterocycles. The van der Waals surface area contributed by atoms with E-state index in [1.54, 1.807) is 4.90 Å². The highest BCUT2D eigenvalue weighted by molar-refractivity contribution is 5.85. The quantitative estimate of drug-likeness (QED) is 0.727. The first-order chi connectivity index (χ1) is 13.5. The van der Waals surface area contributed by atoms with Crippen molar-refractivity contribution < 1.29 is 22.7 Å². The van der Waals surface area contributed by atoms with Gasteiger partial charge in [-0.1, -0.05) is 44.2 Å². The van der Waals surface area contributed by atoms with Gasteiger partial charge in [-0.3, -0.25) is 4.79 Å². The fourth-order valence-corrected chi connectivity index (χ4v) is 3.60. The monoisotopic (exact) mass is 402 g/mol. The van der Waals surface area contributed by atoms with E-state index >= 15 is 0 Å². The maximum absolute atomic E-state index is 13.2. The molecule has 7 heteroatoms. The maximum atomic E-state index is 13.2. The van der Waals surface area contributed by atoms with Crippen LogP contribution in [0.5, 0.6) is 5.75 Å². The third kappa shape index (κ3) is 4.07. The molecule has 0 aliphatic carbocycles. The van der Waals surface area contributed by atoms with E-state index in [0.29, 0.717) is 6.54 Å². The Morgan fingerprint density at radius 3 is 2.45 bits per heavy atom. The molecule has 1 aliphatic rings. The number of hydrogen-bond donors (Lipinski definition) is 0. The van der Waals surface area contributed by atoms with Crippen LogP contribution < -0.4 is 4.74 Å². The molecule has 2 aromatic carbocycles. The summed E-state index contributed by atoms with van der Waals surface area (Å²) in [5.41, 5.74) is -1.20. The Morgan fingerprint density at radius 1 is 1.21 bits per heavy atom. The first-order valence-electron chi connectivity index (χ1n) is 9.18. The summed E-state index contributed by atoms with van der Waals surface area (Å²) in [4.78, 5) is 14.8. The highest BCUT2D eigenvalue weighted by atomic mass is 19.4. The van der Waals surface area contributed by atoms with Gasteiger partial charge in [-0.05, 0) is 30.7 Å². The Kier molecular flexibility index (Phi) is 5.31. The topological polar surface area (TPSA) is 53.3 Å². The zero-order valence-corrected chi connectivity index (χ0v) is 16.3. The average Bonchev–Trinajstić information content (AvgIpc) is 2.91. The summed E-state index contributed by atoms with van der Waals surface area (Å²) in [7, 11) is 0. The number of amides is 1. The summed E-state index contributed by atoms with van der Waals surface area (Å²) < 4.78 is 45.4. The first-order valence-corrected chi connectivity index (χ1v) is 9.18. The largest absolute Gasteiger partial charge is 0.480 e. The Hall–Kier alpha value is -3.01. The van der Waals surface area contributed by atoms with E-state index in [1.165, 1.54) is 12.1 Å². The molecule has 152 valence electrons. The number of nitrogens with zero attached hydrogens (tertiary/aromatic N) is 2. The summed E-state index contributed by atoms with van der Waals surface area (Å²) in [6.45, 7) is 6.02. The molecule has 2 aromatic rings. The number of carbonyl (C=O) groups excluding carboxylic acids is 1. The van der Waals surface area contributed by atoms with E-state index in [-0.39, 0.29) is 17.7 Å². The van der Waals surface area contributed by atoms with Crippen molar-refractivity contribution in [2.24, 2.45) is 5.41 Å². The minimum Gasteiger partial charge on any atom is -0.480 e. The van der Waals surface area contributed by atoms with Crippen molar-refractivity contribution in [2.45, 2.75) is 39.1 Å². The number of benzene rings is 2. The Labute approximate surface area is 167 Å². The van der Waals surface area contributed by atoms with Crippen LogP contribution in [-0.2, 0) is 11.0 Å². The van der Waals surface area contributed by atoms with Crippen molar-refractivity contribution >= 4 is 5.91 Å². The van der Waals surface area contributed by atoms with Gasteiger partial charge in [-0.15, -0.1) is 0 Å². The number of halogens is 3. The Balaban J connectivity index is 1.88. The molecule has 1 amide bonds. The van der Waals surface area contributed by atoms with E-state index in [0.717, 1.165) is 17.7 Å². The lowest BCUT2D eigenvalue weighted by Gasteiger charge is -2.26. The fourth-order valence-electron chi connectivity index (χ4n) is 3.60. The Bertz CT molecular complexity index is 949. The average molecular weight is 402 g/mol. The molecule has 1 fully saturated rings. The third-order valence-electron chi connectivity index (χ3n) is 5.22. The zero-order valence-electron chi connectivity index (χ0n) is 16.3. The smallest absolute Gasteiger partial charge is 0.417 e. The molecule has 0 N–H and O–H groups in total. The van der Waals surface area contributed by atoms with Gasteiger partial charge in [0.05, 0.1) is 23.2 Å². The van der Waals surface area contributed by atoms with E-state index in [1.807, 2.05) is 51.1 Å². The van der Waals surface area contributed by atoms with Crippen LogP contribution in [0.3, 0.4) is 0 Å². The van der Waals surface area contributed by atoms with Gasteiger partial charge in [-0.2, -0.15) is 18.4 Å². The van der Waals surface area contributed by atoms with Gasteiger partial charge in [0.2, 0.25) is 0 Å². The highest BCUT2D eigenvalue weighted by Gasteiger charge is 2.49. The molecule has 0 radical (unpaired) electrons. The third-order valence-corrected chi connectivity index (χ3v) is 5.22. The van der Waals surface area contributed by atoms with Crippen LogP contribution in [-0.4, -0.2) is 23.5 Å². The van der Waals surface area contributed by atoms with Gasteiger partial charge in [-0.25, -0.2) is 0 Å². The van der Waals surface area contributed by atoms with Gasteiger partial charge >= 0.3 is 6.18 Å². The maximum Gasteiger partial charge on any atom is 0.417 e. The number of carbonyl (C=O) groups is 1. The van der Waals surface area contributed by atoms with Crippen LogP contribution in [0.15, 0.2) is 48.5 Å². The molecule has 0 bridgehead atoms. The lowest BCUT2D eigenvalue weighted by atomic mass is 9.89. The van der Waals surface area contributed by atoms with Crippen molar-refractivity contribution in [3.8, 4) is 11.8 Å². The summed E-state index contributed by atoms with van der Waals surface area (Å²) in [6, 6.07) is 14.0. The van der Waals surface area contributed by atoms with Crippen molar-refractivity contribution in [1.29, 1.82) is 5.26 Å². The van der Waals surface area contributed by atoms with Crippen LogP contribution >= 0.6 is 0 Å². The first kappa shape index (κ1) is 20.7. The van der Waals surface area contributed by atoms with Crippen LogP contribution in [0.4, 0.5) is 13.2 Å². The van der Waals surface area contributed by atoms with Gasteiger partial charge in [0.15, 0.2) is 6.10 Å². The van der Waals surface area contributed by atoms with Crippen LogP contribution in [0, 0.1) is 16.7 Å². The SMILES string of the molecule is CC(c1ccccc1)N1CC(C)(C)C(Oc2ccc(C#N)c(C(F)(F)F)c2)C1=O. The molecule has 1 aliphatic heterocycles. The van der Waals surface area contributed by atoms with Crippen molar-refractivity contribution in [2.75, 3.05) is 6.54 Å². The highest BCUT2D eigenvalue weighted by Crippen LogP contribution is 2.40. The summed E-state index contributed by atoms with van der Waals surface area (Å²) in [5, 5.41) is 8.93. The van der Waals surface area contributed by atoms with E-state index in [2.05, 4.69) is 0 Å². The van der Waals surface area contributed by atoms with Gasteiger partial charge in [0.1, 0.15) is 5.75 Å². The number of ether oxygens (including phenoxy) is 1. The van der Waals surface area contributed by atoms with E-state index in [4.69, 9.17) is 10.00 Å². The van der Waals surface area contributed by atoms with Crippen molar-refractivity contribution in [3.05, 3.63) is 65.2 Å². The second-order valence-electron chi connectivity index (χ2n) is 7.86. The number of rotatable bonds is 4. The molecule has 0 aromatic heterocycles. The van der Waals surface area contributed by atoms with Crippen molar-refractivity contribution in [1.82, 2.24) is 4.90 Å². The lowest BCUT2D eigenvalue weighted by molar-refractivity contribution is -0.138. The molecule has 4 nitrogen and oxygen atoms in total. The number of alkyl halides is 3. The summed E-state index contributed by atoms with van der Waals surface area (Å²) >= 11 is 0. The predicted octanol–water partition coefficient (Wildman–Crippen LogP) is 4.95. The number of likely N-dealkylation sites (tertiary alicyclic amines) is 1. The molecule has 0 saturated carbocycles. The molecule has 1 saturated heterocycles. The minimum absolute atomic E-state index is 0.0861. The number of hydrogen-bond acceptors (Lipinski definition) is 3. The van der Waals surface area contributed by atoms with E-state index in [9.17, 15) is 18.0 Å². The molecular formula is C22H21F3N2O2. The normalized spacial score (nSPS) is 19.7. The fraction of sp³-hybridized carbons (Fsp3) is 0.364. The molecule has 29 heavy (non-hydrogen) atoms. The zero-order chi connectivity index (χ0) is 21.4. The summed E-state index contributed by atoms with van der Waals surface area (Å²) in [5.74, 6) is -0.360. The van der Waals surface area contributed by atoms with Crippen LogP contribution in [0.1, 0.15) is 43.5 Å². The van der Waals surface area contributed by atoms with Crippen LogP contribution in [0.25, 0.3) is 0 Å². The Morgan fingerprint density at radius 2 is 1.86 bits per heavy atom. The predicted molar refractivity (Wildman–Crippen MR) is 101 cm³/mol. The van der Waals surface area contributed by atoms with Gasteiger partial charge in [0.25, 0.3) is 5.91 Å². The molecule has 2 unspecified atom stereocenters. The van der Waals surface area contributed by atoms with Gasteiger partial charge < -0.3 is 9.64 Å². The molecule has 2 atom stereocenters. The second kappa shape index (κ2) is 7.43. The standard InChI is InChI=1S/C22H21F3N2O2/c1-14(15-7-5-4-6-8-15)27-13-21(2,3)19(20(27)28)29-17-10-9-16(12-26)18(11-17)22(23,24)25/h4-11,14,19H,13H2,1-3H3. The van der Waals surface area contributed by atoms with Crippen LogP contribution in [0.2, 0.25) is 0 Å². The van der Waals surface area contributed by atoms with E-state index < -0.39 is 28.8 Å². The molecule has 0 spiro atoms. The number of nitriles is 1. The molecular weight excluding hydrogens is 381 g/mol. The van der Waals surface area contributed by atoms with Crippen molar-refractivity contribution in [3.63, 3.8) is 0 Å². The lowest BCUT2D eigenvalue weighted by Crippen LogP contribution is -2.37.